The molecule has 1 aromatic carbocycles. The fourth-order valence-electron chi connectivity index (χ4n) is 0.668. The van der Waals surface area contributed by atoms with Crippen LogP contribution in [0.4, 0.5) is 8.78 Å². The molecular weight excluding hydrogens is 138 g/mol. The van der Waals surface area contributed by atoms with Crippen LogP contribution in [0.25, 0.3) is 0 Å². The van der Waals surface area contributed by atoms with Crippen LogP contribution in [0.5, 0.6) is 0 Å². The zero-order valence-electron chi connectivity index (χ0n) is 5.09. The second kappa shape index (κ2) is 2.75. The molecule has 3 heteroatoms. The monoisotopic (exact) mass is 144 g/mol. The van der Waals surface area contributed by atoms with Crippen molar-refractivity contribution in [1.29, 1.82) is 0 Å². The van der Waals surface area contributed by atoms with Gasteiger partial charge in [-0.2, -0.15) is 0 Å². The normalized spacial score (nSPS) is 13.1. The lowest BCUT2D eigenvalue weighted by atomic mass is 10.2. The third kappa shape index (κ3) is 1.30. The lowest BCUT2D eigenvalue weighted by Gasteiger charge is -2.00. The summed E-state index contributed by atoms with van der Waals surface area (Å²) in [5, 5.41) is 8.30. The molecule has 0 aliphatic carbocycles. The summed E-state index contributed by atoms with van der Waals surface area (Å²) in [5.74, 6) is -0.725. The van der Waals surface area contributed by atoms with Gasteiger partial charge in [-0.3, -0.25) is 0 Å². The molecule has 10 heavy (non-hydrogen) atoms. The maximum atomic E-state index is 12.4. The molecule has 0 amide bonds. The van der Waals surface area contributed by atoms with Gasteiger partial charge in [0.15, 0.2) is 0 Å². The summed E-state index contributed by atoms with van der Waals surface area (Å²) in [6.07, 6.45) is -2.22. The van der Waals surface area contributed by atoms with Gasteiger partial charge in [0, 0.05) is 5.56 Å². The van der Waals surface area contributed by atoms with Gasteiger partial charge in [-0.15, -0.1) is 0 Å². The quantitative estimate of drug-likeness (QED) is 0.637. The van der Waals surface area contributed by atoms with E-state index in [1.807, 2.05) is 0 Å². The number of aliphatic hydroxyl groups excluding tert-OH is 1. The molecule has 0 saturated carbocycles. The first-order valence-electron chi connectivity index (χ1n) is 2.78. The highest BCUT2D eigenvalue weighted by atomic mass is 19.1. The maximum absolute atomic E-state index is 12.4. The molecule has 0 heterocycles. The Labute approximate surface area is 56.9 Å². The van der Waals surface area contributed by atoms with Crippen LogP contribution in [-0.2, 0) is 0 Å². The Bertz CT molecular complexity index is 223. The molecule has 1 atom stereocenters. The molecule has 0 spiro atoms. The summed E-state index contributed by atoms with van der Waals surface area (Å²) in [4.78, 5) is 0. The Kier molecular flexibility index (Phi) is 1.97. The molecule has 0 radical (unpaired) electrons. The summed E-state index contributed by atoms with van der Waals surface area (Å²) >= 11 is 0. The standard InChI is InChI=1S/C7H6F2O/c8-6-4-2-1-3-5(6)7(9)10/h1-4,7,10H. The highest BCUT2D eigenvalue weighted by molar-refractivity contribution is 5.17. The average Bonchev–Trinajstić information content (AvgIpc) is 1.88. The average molecular weight is 144 g/mol. The lowest BCUT2D eigenvalue weighted by molar-refractivity contribution is 0.0379. The molecule has 0 bridgehead atoms. The molecule has 1 unspecified atom stereocenters. The lowest BCUT2D eigenvalue weighted by Crippen LogP contribution is -1.92. The molecule has 0 fully saturated rings. The number of benzene rings is 1. The van der Waals surface area contributed by atoms with Gasteiger partial charge in [0.05, 0.1) is 0 Å². The van der Waals surface area contributed by atoms with Crippen molar-refractivity contribution >= 4 is 0 Å². The molecule has 0 aliphatic heterocycles. The Morgan fingerprint density at radius 3 is 2.30 bits per heavy atom. The van der Waals surface area contributed by atoms with E-state index < -0.39 is 12.2 Å². The molecule has 1 rings (SSSR count). The van der Waals surface area contributed by atoms with Crippen LogP contribution in [0.3, 0.4) is 0 Å². The van der Waals surface area contributed by atoms with Crippen LogP contribution in [0.2, 0.25) is 0 Å². The van der Waals surface area contributed by atoms with Crippen LogP contribution >= 0.6 is 0 Å². The minimum Gasteiger partial charge on any atom is -0.360 e. The van der Waals surface area contributed by atoms with E-state index in [4.69, 9.17) is 5.11 Å². The second-order valence-electron chi connectivity index (χ2n) is 1.86. The number of rotatable bonds is 1. The van der Waals surface area contributed by atoms with Crippen LogP contribution in [0, 0.1) is 5.82 Å². The fourth-order valence-corrected chi connectivity index (χ4v) is 0.668. The van der Waals surface area contributed by atoms with Gasteiger partial charge in [0.2, 0.25) is 6.36 Å². The second-order valence-corrected chi connectivity index (χ2v) is 1.86. The van der Waals surface area contributed by atoms with E-state index in [9.17, 15) is 8.78 Å². The van der Waals surface area contributed by atoms with Crippen molar-refractivity contribution < 1.29 is 13.9 Å². The third-order valence-electron chi connectivity index (χ3n) is 1.16. The number of hydrogen-bond donors (Lipinski definition) is 1. The van der Waals surface area contributed by atoms with Crippen LogP contribution in [0.1, 0.15) is 11.9 Å². The zero-order chi connectivity index (χ0) is 7.56. The Morgan fingerprint density at radius 1 is 1.30 bits per heavy atom. The van der Waals surface area contributed by atoms with Crippen LogP contribution in [-0.4, -0.2) is 5.11 Å². The summed E-state index contributed by atoms with van der Waals surface area (Å²) < 4.78 is 24.5. The summed E-state index contributed by atoms with van der Waals surface area (Å²) in [6.45, 7) is 0. The van der Waals surface area contributed by atoms with Crippen LogP contribution in [0.15, 0.2) is 24.3 Å². The van der Waals surface area contributed by atoms with Crippen molar-refractivity contribution in [1.82, 2.24) is 0 Å². The first kappa shape index (κ1) is 7.15. The predicted octanol–water partition coefficient (Wildman–Crippen LogP) is 1.79. The van der Waals surface area contributed by atoms with E-state index >= 15 is 0 Å². The SMILES string of the molecule is OC(F)c1ccccc1F. The molecule has 54 valence electrons. The molecule has 1 N–H and O–H groups in total. The zero-order valence-corrected chi connectivity index (χ0v) is 5.09. The minimum atomic E-state index is -2.22. The van der Waals surface area contributed by atoms with Crippen molar-refractivity contribution in [3.63, 3.8) is 0 Å². The summed E-state index contributed by atoms with van der Waals surface area (Å²) in [7, 11) is 0. The van der Waals surface area contributed by atoms with Crippen molar-refractivity contribution in [2.24, 2.45) is 0 Å². The molecule has 1 aromatic rings. The van der Waals surface area contributed by atoms with Crippen molar-refractivity contribution in [3.05, 3.63) is 35.6 Å². The summed E-state index contributed by atoms with van der Waals surface area (Å²) in [5.41, 5.74) is -0.317. The largest absolute Gasteiger partial charge is 0.360 e. The first-order chi connectivity index (χ1) is 4.72. The van der Waals surface area contributed by atoms with E-state index in [1.165, 1.54) is 18.2 Å². The van der Waals surface area contributed by atoms with Gasteiger partial charge >= 0.3 is 0 Å². The van der Waals surface area contributed by atoms with Gasteiger partial charge in [-0.25, -0.2) is 8.78 Å². The van der Waals surface area contributed by atoms with Gasteiger partial charge in [-0.1, -0.05) is 18.2 Å². The molecule has 0 saturated heterocycles. The highest BCUT2D eigenvalue weighted by Crippen LogP contribution is 2.16. The third-order valence-corrected chi connectivity index (χ3v) is 1.16. The van der Waals surface area contributed by atoms with Crippen LogP contribution < -0.4 is 0 Å². The van der Waals surface area contributed by atoms with E-state index in [0.717, 1.165) is 6.07 Å². The van der Waals surface area contributed by atoms with E-state index in [-0.39, 0.29) is 5.56 Å². The predicted molar refractivity (Wildman–Crippen MR) is 32.5 cm³/mol. The van der Waals surface area contributed by atoms with Crippen molar-refractivity contribution in [3.8, 4) is 0 Å². The Morgan fingerprint density at radius 2 is 1.90 bits per heavy atom. The van der Waals surface area contributed by atoms with Crippen molar-refractivity contribution in [2.75, 3.05) is 0 Å². The maximum Gasteiger partial charge on any atom is 0.225 e. The molecule has 0 aromatic heterocycles. The van der Waals surface area contributed by atoms with Crippen molar-refractivity contribution in [2.45, 2.75) is 6.36 Å². The first-order valence-corrected chi connectivity index (χ1v) is 2.78. The van der Waals surface area contributed by atoms with E-state index in [1.54, 1.807) is 0 Å². The number of alkyl halides is 1. The van der Waals surface area contributed by atoms with Gasteiger partial charge < -0.3 is 5.11 Å². The molecular formula is C7H6F2O. The van der Waals surface area contributed by atoms with E-state index in [2.05, 4.69) is 0 Å². The fraction of sp³-hybridized carbons (Fsp3) is 0.143. The minimum absolute atomic E-state index is 0.317. The molecule has 1 nitrogen and oxygen atoms in total. The van der Waals surface area contributed by atoms with E-state index in [0.29, 0.717) is 0 Å². The number of aliphatic hydroxyl groups is 1. The smallest absolute Gasteiger partial charge is 0.225 e. The number of hydrogen-bond acceptors (Lipinski definition) is 1. The van der Waals surface area contributed by atoms with Gasteiger partial charge in [0.1, 0.15) is 5.82 Å². The van der Waals surface area contributed by atoms with Gasteiger partial charge in [-0.05, 0) is 6.07 Å². The number of halogens is 2. The summed E-state index contributed by atoms with van der Waals surface area (Å²) in [6, 6.07) is 5.18. The Hall–Kier alpha value is -0.960. The molecule has 0 aliphatic rings. The Balaban J connectivity index is 3.03. The van der Waals surface area contributed by atoms with Gasteiger partial charge in [0.25, 0.3) is 0 Å². The topological polar surface area (TPSA) is 20.2 Å². The highest BCUT2D eigenvalue weighted by Gasteiger charge is 2.08.